The van der Waals surface area contributed by atoms with Gasteiger partial charge in [0.15, 0.2) is 0 Å². The lowest BCUT2D eigenvalue weighted by Crippen LogP contribution is -2.34. The minimum absolute atomic E-state index is 0.0291. The minimum atomic E-state index is -0.247. The molecule has 0 spiro atoms. The van der Waals surface area contributed by atoms with Crippen molar-refractivity contribution in [2.24, 2.45) is 5.92 Å². The molecule has 0 radical (unpaired) electrons. The molecule has 3 nitrogen and oxygen atoms in total. The number of rotatable bonds is 4. The Bertz CT molecular complexity index is 432. The van der Waals surface area contributed by atoms with Crippen LogP contribution in [-0.2, 0) is 4.79 Å². The summed E-state index contributed by atoms with van der Waals surface area (Å²) >= 11 is 3.39. The Morgan fingerprint density at radius 3 is 2.68 bits per heavy atom. The zero-order valence-electron chi connectivity index (χ0n) is 11.1. The highest BCUT2D eigenvalue weighted by Gasteiger charge is 2.26. The second-order valence-electron chi connectivity index (χ2n) is 5.28. The maximum atomic E-state index is 12.1. The van der Waals surface area contributed by atoms with Crippen molar-refractivity contribution in [2.75, 3.05) is 6.54 Å². The quantitative estimate of drug-likeness (QED) is 0.894. The molecule has 1 aromatic carbocycles. The minimum Gasteiger partial charge on any atom is -0.393 e. The van der Waals surface area contributed by atoms with E-state index in [1.807, 2.05) is 31.2 Å². The molecule has 1 saturated carbocycles. The number of nitrogens with one attached hydrogen (secondary N) is 1. The first-order valence-electron chi connectivity index (χ1n) is 6.79. The molecule has 0 aromatic heterocycles. The van der Waals surface area contributed by atoms with Gasteiger partial charge >= 0.3 is 0 Å². The van der Waals surface area contributed by atoms with E-state index in [-0.39, 0.29) is 23.8 Å². The van der Waals surface area contributed by atoms with E-state index in [4.69, 9.17) is 0 Å². The van der Waals surface area contributed by atoms with Crippen LogP contribution in [-0.4, -0.2) is 23.7 Å². The third-order valence-electron chi connectivity index (χ3n) is 3.92. The van der Waals surface area contributed by atoms with Crippen LogP contribution in [0.25, 0.3) is 0 Å². The van der Waals surface area contributed by atoms with Crippen LogP contribution in [0, 0.1) is 5.92 Å². The number of carbonyl (C=O) groups excluding carboxylic acids is 1. The van der Waals surface area contributed by atoms with Gasteiger partial charge < -0.3 is 10.4 Å². The molecule has 19 heavy (non-hydrogen) atoms. The third-order valence-corrected chi connectivity index (χ3v) is 4.45. The summed E-state index contributed by atoms with van der Waals surface area (Å²) in [6, 6.07) is 7.80. The topological polar surface area (TPSA) is 49.3 Å². The van der Waals surface area contributed by atoms with E-state index >= 15 is 0 Å². The van der Waals surface area contributed by atoms with Gasteiger partial charge in [-0.15, -0.1) is 0 Å². The Kier molecular flexibility index (Phi) is 4.99. The van der Waals surface area contributed by atoms with Crippen LogP contribution >= 0.6 is 15.9 Å². The highest BCUT2D eigenvalue weighted by atomic mass is 79.9. The summed E-state index contributed by atoms with van der Waals surface area (Å²) in [5.41, 5.74) is 1.01. The summed E-state index contributed by atoms with van der Waals surface area (Å²) in [4.78, 5) is 12.1. The van der Waals surface area contributed by atoms with Crippen LogP contribution in [0.3, 0.4) is 0 Å². The molecule has 2 N–H and O–H groups in total. The van der Waals surface area contributed by atoms with Crippen LogP contribution in [0.15, 0.2) is 28.7 Å². The molecular formula is C15H20BrNO2. The SMILES string of the molecule is C[C@H](C(=O)NC[C@H]1CCC[C@H]1O)c1ccc(Br)cc1. The lowest BCUT2D eigenvalue weighted by molar-refractivity contribution is -0.122. The van der Waals surface area contributed by atoms with E-state index in [2.05, 4.69) is 21.2 Å². The smallest absolute Gasteiger partial charge is 0.227 e. The van der Waals surface area contributed by atoms with Gasteiger partial charge in [0.1, 0.15) is 0 Å². The summed E-state index contributed by atoms with van der Waals surface area (Å²) in [7, 11) is 0. The number of halogens is 1. The van der Waals surface area contributed by atoms with Crippen molar-refractivity contribution in [3.63, 3.8) is 0 Å². The second-order valence-corrected chi connectivity index (χ2v) is 6.19. The van der Waals surface area contributed by atoms with E-state index in [1.54, 1.807) is 0 Å². The summed E-state index contributed by atoms with van der Waals surface area (Å²) in [5, 5.41) is 12.7. The van der Waals surface area contributed by atoms with Crippen LogP contribution < -0.4 is 5.32 Å². The van der Waals surface area contributed by atoms with Gasteiger partial charge in [-0.25, -0.2) is 0 Å². The normalized spacial score (nSPS) is 24.2. The maximum Gasteiger partial charge on any atom is 0.227 e. The van der Waals surface area contributed by atoms with Gasteiger partial charge in [0.25, 0.3) is 0 Å². The van der Waals surface area contributed by atoms with E-state index in [9.17, 15) is 9.90 Å². The van der Waals surface area contributed by atoms with Crippen molar-refractivity contribution >= 4 is 21.8 Å². The lowest BCUT2D eigenvalue weighted by Gasteiger charge is -2.17. The molecule has 1 aliphatic rings. The van der Waals surface area contributed by atoms with Gasteiger partial charge in [-0.1, -0.05) is 34.5 Å². The molecule has 3 atom stereocenters. The molecule has 104 valence electrons. The molecule has 4 heteroatoms. The average molecular weight is 326 g/mol. The third kappa shape index (κ3) is 3.80. The van der Waals surface area contributed by atoms with Crippen molar-refractivity contribution in [1.29, 1.82) is 0 Å². The first-order valence-corrected chi connectivity index (χ1v) is 7.58. The van der Waals surface area contributed by atoms with Gasteiger partial charge in [-0.2, -0.15) is 0 Å². The molecule has 0 heterocycles. The molecule has 2 rings (SSSR count). The zero-order valence-corrected chi connectivity index (χ0v) is 12.7. The van der Waals surface area contributed by atoms with E-state index in [0.717, 1.165) is 29.3 Å². The van der Waals surface area contributed by atoms with Crippen molar-refractivity contribution in [1.82, 2.24) is 5.32 Å². The number of hydrogen-bond acceptors (Lipinski definition) is 2. The number of aliphatic hydroxyl groups is 1. The van der Waals surface area contributed by atoms with Gasteiger partial charge in [0.2, 0.25) is 5.91 Å². The number of aliphatic hydroxyl groups excluding tert-OH is 1. The van der Waals surface area contributed by atoms with Crippen molar-refractivity contribution < 1.29 is 9.90 Å². The Balaban J connectivity index is 1.87. The fourth-order valence-corrected chi connectivity index (χ4v) is 2.81. The van der Waals surface area contributed by atoms with Crippen molar-refractivity contribution in [3.05, 3.63) is 34.3 Å². The fourth-order valence-electron chi connectivity index (χ4n) is 2.54. The zero-order chi connectivity index (χ0) is 13.8. The number of hydrogen-bond donors (Lipinski definition) is 2. The summed E-state index contributed by atoms with van der Waals surface area (Å²) in [6.07, 6.45) is 2.68. The van der Waals surface area contributed by atoms with Crippen LogP contribution in [0.5, 0.6) is 0 Å². The Morgan fingerprint density at radius 1 is 1.42 bits per heavy atom. The summed E-state index contributed by atoms with van der Waals surface area (Å²) in [6.45, 7) is 2.49. The van der Waals surface area contributed by atoms with Gasteiger partial charge in [0.05, 0.1) is 12.0 Å². The molecule has 1 aliphatic carbocycles. The van der Waals surface area contributed by atoms with Crippen LogP contribution in [0.4, 0.5) is 0 Å². The average Bonchev–Trinajstić information content (AvgIpc) is 2.81. The molecule has 0 aliphatic heterocycles. The Hall–Kier alpha value is -0.870. The van der Waals surface area contributed by atoms with Crippen molar-refractivity contribution in [2.45, 2.75) is 38.2 Å². The summed E-state index contributed by atoms with van der Waals surface area (Å²) in [5.74, 6) is 0.0918. The second kappa shape index (κ2) is 6.53. The highest BCUT2D eigenvalue weighted by Crippen LogP contribution is 2.25. The van der Waals surface area contributed by atoms with Crippen LogP contribution in [0.1, 0.15) is 37.7 Å². The van der Waals surface area contributed by atoms with Crippen molar-refractivity contribution in [3.8, 4) is 0 Å². The van der Waals surface area contributed by atoms with Crippen LogP contribution in [0.2, 0.25) is 0 Å². The highest BCUT2D eigenvalue weighted by molar-refractivity contribution is 9.10. The Morgan fingerprint density at radius 2 is 2.11 bits per heavy atom. The van der Waals surface area contributed by atoms with Gasteiger partial charge in [-0.3, -0.25) is 4.79 Å². The molecule has 1 amide bonds. The first-order chi connectivity index (χ1) is 9.08. The Labute approximate surface area is 122 Å². The molecule has 0 bridgehead atoms. The predicted molar refractivity (Wildman–Crippen MR) is 78.9 cm³/mol. The van der Waals surface area contributed by atoms with E-state index < -0.39 is 0 Å². The summed E-state index contributed by atoms with van der Waals surface area (Å²) < 4.78 is 1.01. The number of benzene rings is 1. The molecular weight excluding hydrogens is 306 g/mol. The van der Waals surface area contributed by atoms with Gasteiger partial charge in [-0.05, 0) is 37.5 Å². The molecule has 0 unspecified atom stereocenters. The number of amides is 1. The van der Waals surface area contributed by atoms with E-state index in [1.165, 1.54) is 0 Å². The number of carbonyl (C=O) groups is 1. The monoisotopic (exact) mass is 325 g/mol. The predicted octanol–water partition coefficient (Wildman–Crippen LogP) is 2.83. The maximum absolute atomic E-state index is 12.1. The lowest BCUT2D eigenvalue weighted by atomic mass is 10.00. The standard InChI is InChI=1S/C15H20BrNO2/c1-10(11-5-7-13(16)8-6-11)15(19)17-9-12-3-2-4-14(12)18/h5-8,10,12,14,18H,2-4,9H2,1H3,(H,17,19)/t10-,12+,14+/m0/s1. The fraction of sp³-hybridized carbons (Fsp3) is 0.533. The molecule has 1 aromatic rings. The first kappa shape index (κ1) is 14.5. The molecule has 1 fully saturated rings. The van der Waals surface area contributed by atoms with E-state index in [0.29, 0.717) is 6.54 Å². The van der Waals surface area contributed by atoms with Gasteiger partial charge in [0, 0.05) is 16.9 Å². The molecule has 0 saturated heterocycles. The largest absolute Gasteiger partial charge is 0.393 e.